The van der Waals surface area contributed by atoms with Gasteiger partial charge in [-0.2, -0.15) is 5.26 Å². The first kappa shape index (κ1) is 15.4. The smallest absolute Gasteiger partial charge is 0.184 e. The highest BCUT2D eigenvalue weighted by Crippen LogP contribution is 2.30. The molecule has 3 aromatic carbocycles. The van der Waals surface area contributed by atoms with Gasteiger partial charge in [0.2, 0.25) is 0 Å². The Balaban J connectivity index is 1.87. The fourth-order valence-electron chi connectivity index (χ4n) is 3.67. The van der Waals surface area contributed by atoms with E-state index < -0.39 is 0 Å². The Morgan fingerprint density at radius 2 is 1.41 bits per heavy atom. The van der Waals surface area contributed by atoms with Gasteiger partial charge in [0.15, 0.2) is 11.3 Å². The summed E-state index contributed by atoms with van der Waals surface area (Å²) in [5.41, 5.74) is 5.61. The van der Waals surface area contributed by atoms with E-state index in [1.807, 2.05) is 60.7 Å². The largest absolute Gasteiger partial charge is 0.319 e. The summed E-state index contributed by atoms with van der Waals surface area (Å²) in [4.78, 5) is 4.67. The van der Waals surface area contributed by atoms with Crippen molar-refractivity contribution in [3.8, 4) is 17.5 Å². The van der Waals surface area contributed by atoms with E-state index in [1.54, 1.807) is 0 Å². The van der Waals surface area contributed by atoms with Crippen LogP contribution in [0.3, 0.4) is 0 Å². The minimum absolute atomic E-state index is 0.445. The monoisotopic (exact) mass is 348 g/mol. The number of fused-ring (bicyclic) bond motifs is 3. The minimum atomic E-state index is 0.445. The second-order valence-electron chi connectivity index (χ2n) is 6.48. The van der Waals surface area contributed by atoms with E-state index in [9.17, 15) is 5.26 Å². The summed E-state index contributed by atoms with van der Waals surface area (Å²) < 4.78 is 4.29. The summed E-state index contributed by atoms with van der Waals surface area (Å²) in [6.07, 6.45) is 0. The van der Waals surface area contributed by atoms with Crippen molar-refractivity contribution in [2.45, 2.75) is 6.54 Å². The van der Waals surface area contributed by atoms with E-state index in [1.165, 1.54) is 5.56 Å². The highest BCUT2D eigenvalue weighted by molar-refractivity contribution is 5.86. The van der Waals surface area contributed by atoms with Gasteiger partial charge in [-0.25, -0.2) is 4.98 Å². The Morgan fingerprint density at radius 1 is 0.778 bits per heavy atom. The maximum absolute atomic E-state index is 9.77. The number of rotatable bonds is 3. The first-order valence-electron chi connectivity index (χ1n) is 8.86. The highest BCUT2D eigenvalue weighted by Gasteiger charge is 2.21. The predicted molar refractivity (Wildman–Crippen MR) is 106 cm³/mol. The van der Waals surface area contributed by atoms with Crippen LogP contribution in [0.25, 0.3) is 28.1 Å². The summed E-state index contributed by atoms with van der Waals surface area (Å²) >= 11 is 0. The van der Waals surface area contributed by atoms with Crippen LogP contribution in [0, 0.1) is 11.3 Å². The van der Waals surface area contributed by atoms with Crippen molar-refractivity contribution in [3.05, 3.63) is 96.2 Å². The van der Waals surface area contributed by atoms with Gasteiger partial charge in [-0.15, -0.1) is 0 Å². The van der Waals surface area contributed by atoms with Crippen LogP contribution in [-0.4, -0.2) is 14.0 Å². The third kappa shape index (κ3) is 2.41. The SMILES string of the molecule is N#Cc1nc(-c2ccccc2)n2c3ccccc3n(Cc3ccccc3)c12. The third-order valence-electron chi connectivity index (χ3n) is 4.84. The van der Waals surface area contributed by atoms with Crippen molar-refractivity contribution in [1.82, 2.24) is 14.0 Å². The molecule has 0 amide bonds. The zero-order valence-corrected chi connectivity index (χ0v) is 14.6. The fraction of sp³-hybridized carbons (Fsp3) is 0.0435. The van der Waals surface area contributed by atoms with Crippen LogP contribution in [0.2, 0.25) is 0 Å². The fourth-order valence-corrected chi connectivity index (χ4v) is 3.67. The molecule has 4 heteroatoms. The molecule has 0 saturated carbocycles. The molecule has 0 unspecified atom stereocenters. The van der Waals surface area contributed by atoms with Gasteiger partial charge in [0.1, 0.15) is 11.9 Å². The molecule has 0 fully saturated rings. The van der Waals surface area contributed by atoms with E-state index >= 15 is 0 Å². The van der Waals surface area contributed by atoms with E-state index in [0.29, 0.717) is 12.2 Å². The standard InChI is InChI=1S/C23H16N4/c24-15-19-23-26(16-17-9-3-1-4-10-17)20-13-7-8-14-21(20)27(23)22(25-19)18-11-5-2-6-12-18/h1-14H,16H2. The molecule has 0 N–H and O–H groups in total. The molecule has 128 valence electrons. The van der Waals surface area contributed by atoms with Crippen molar-refractivity contribution in [2.75, 3.05) is 0 Å². The summed E-state index contributed by atoms with van der Waals surface area (Å²) in [5, 5.41) is 9.77. The lowest BCUT2D eigenvalue weighted by atomic mass is 10.2. The molecule has 2 heterocycles. The average Bonchev–Trinajstić information content (AvgIpc) is 3.26. The molecule has 0 radical (unpaired) electrons. The summed E-state index contributed by atoms with van der Waals surface area (Å²) in [6, 6.07) is 30.8. The van der Waals surface area contributed by atoms with Crippen molar-refractivity contribution >= 4 is 16.7 Å². The molecule has 2 aromatic heterocycles. The first-order valence-corrected chi connectivity index (χ1v) is 8.86. The topological polar surface area (TPSA) is 46.0 Å². The maximum atomic E-state index is 9.77. The van der Waals surface area contributed by atoms with E-state index in [4.69, 9.17) is 0 Å². The molecule has 0 atom stereocenters. The van der Waals surface area contributed by atoms with Crippen LogP contribution >= 0.6 is 0 Å². The molecule has 0 aliphatic carbocycles. The quantitative estimate of drug-likeness (QED) is 0.467. The number of aromatic nitrogens is 3. The average molecular weight is 348 g/mol. The molecule has 0 spiro atoms. The van der Waals surface area contributed by atoms with Gasteiger partial charge in [-0.3, -0.25) is 4.40 Å². The molecule has 5 rings (SSSR count). The number of nitriles is 1. The van der Waals surface area contributed by atoms with E-state index in [0.717, 1.165) is 28.1 Å². The van der Waals surface area contributed by atoms with Crippen LogP contribution < -0.4 is 0 Å². The zero-order valence-electron chi connectivity index (χ0n) is 14.6. The first-order chi connectivity index (χ1) is 13.4. The number of hydrogen-bond donors (Lipinski definition) is 0. The lowest BCUT2D eigenvalue weighted by molar-refractivity contribution is 0.857. The Kier molecular flexibility index (Phi) is 3.51. The van der Waals surface area contributed by atoms with Gasteiger partial charge in [0.05, 0.1) is 11.0 Å². The minimum Gasteiger partial charge on any atom is -0.319 e. The van der Waals surface area contributed by atoms with Gasteiger partial charge < -0.3 is 4.57 Å². The van der Waals surface area contributed by atoms with Crippen molar-refractivity contribution in [2.24, 2.45) is 0 Å². The van der Waals surface area contributed by atoms with Crippen molar-refractivity contribution < 1.29 is 0 Å². The van der Waals surface area contributed by atoms with Crippen LogP contribution in [0.1, 0.15) is 11.3 Å². The van der Waals surface area contributed by atoms with Gasteiger partial charge in [0.25, 0.3) is 0 Å². The summed E-state index contributed by atoms with van der Waals surface area (Å²) in [6.45, 7) is 0.687. The molecule has 4 nitrogen and oxygen atoms in total. The lowest BCUT2D eigenvalue weighted by Gasteiger charge is -2.06. The highest BCUT2D eigenvalue weighted by atomic mass is 15.2. The van der Waals surface area contributed by atoms with Crippen molar-refractivity contribution in [1.29, 1.82) is 5.26 Å². The summed E-state index contributed by atoms with van der Waals surface area (Å²) in [5.74, 6) is 0.796. The maximum Gasteiger partial charge on any atom is 0.184 e. The second-order valence-corrected chi connectivity index (χ2v) is 6.48. The van der Waals surface area contributed by atoms with Gasteiger partial charge >= 0.3 is 0 Å². The normalized spacial score (nSPS) is 11.1. The number of hydrogen-bond acceptors (Lipinski definition) is 2. The Hall–Kier alpha value is -3.84. The lowest BCUT2D eigenvalue weighted by Crippen LogP contribution is -2.00. The van der Waals surface area contributed by atoms with Crippen LogP contribution in [-0.2, 0) is 6.54 Å². The molecular weight excluding hydrogens is 332 g/mol. The van der Waals surface area contributed by atoms with E-state index in [2.05, 4.69) is 44.3 Å². The number of nitrogens with zero attached hydrogens (tertiary/aromatic N) is 4. The number of imidazole rings is 2. The molecule has 0 bridgehead atoms. The van der Waals surface area contributed by atoms with Crippen molar-refractivity contribution in [3.63, 3.8) is 0 Å². The molecule has 5 aromatic rings. The van der Waals surface area contributed by atoms with Gasteiger partial charge in [-0.1, -0.05) is 72.8 Å². The van der Waals surface area contributed by atoms with E-state index in [-0.39, 0.29) is 0 Å². The molecule has 0 saturated heterocycles. The molecular formula is C23H16N4. The van der Waals surface area contributed by atoms with Gasteiger partial charge in [0, 0.05) is 12.1 Å². The number of benzene rings is 3. The van der Waals surface area contributed by atoms with Gasteiger partial charge in [-0.05, 0) is 17.7 Å². The van der Waals surface area contributed by atoms with Crippen LogP contribution in [0.5, 0.6) is 0 Å². The van der Waals surface area contributed by atoms with Crippen LogP contribution in [0.4, 0.5) is 0 Å². The van der Waals surface area contributed by atoms with Crippen LogP contribution in [0.15, 0.2) is 84.9 Å². The number of para-hydroxylation sites is 2. The Bertz CT molecular complexity index is 1290. The third-order valence-corrected chi connectivity index (χ3v) is 4.84. The summed E-state index contributed by atoms with van der Waals surface area (Å²) in [7, 11) is 0. The zero-order chi connectivity index (χ0) is 18.2. The molecule has 27 heavy (non-hydrogen) atoms. The molecule has 0 aliphatic heterocycles. The Morgan fingerprint density at radius 3 is 2.11 bits per heavy atom. The second kappa shape index (κ2) is 6.15. The Labute approximate surface area is 156 Å². The predicted octanol–water partition coefficient (Wildman–Crippen LogP) is 4.88. The molecule has 0 aliphatic rings.